The minimum atomic E-state index is -3.73. The molecule has 1 amide bonds. The van der Waals surface area contributed by atoms with Gasteiger partial charge in [-0.3, -0.25) is 9.69 Å². The van der Waals surface area contributed by atoms with Gasteiger partial charge in [-0.2, -0.15) is 0 Å². The first kappa shape index (κ1) is 25.2. The molecule has 1 aliphatic rings. The first-order chi connectivity index (χ1) is 15.9. The van der Waals surface area contributed by atoms with Crippen LogP contribution in [0.3, 0.4) is 0 Å². The van der Waals surface area contributed by atoms with Gasteiger partial charge in [-0.25, -0.2) is 13.1 Å². The topological polar surface area (TPSA) is 97.0 Å². The Kier molecular flexibility index (Phi) is 8.85. The van der Waals surface area contributed by atoms with Crippen LogP contribution in [0.4, 0.5) is 0 Å². The van der Waals surface area contributed by atoms with Gasteiger partial charge in [0.1, 0.15) is 5.75 Å². The van der Waals surface area contributed by atoms with Crippen molar-refractivity contribution in [1.29, 1.82) is 0 Å². The van der Waals surface area contributed by atoms with Gasteiger partial charge in [-0.15, -0.1) is 0 Å². The number of likely N-dealkylation sites (tertiary alicyclic amines) is 1. The van der Waals surface area contributed by atoms with Crippen LogP contribution in [0.2, 0.25) is 0 Å². The molecule has 0 saturated carbocycles. The molecule has 1 aliphatic heterocycles. The fourth-order valence-corrected chi connectivity index (χ4v) is 5.06. The van der Waals surface area contributed by atoms with Gasteiger partial charge < -0.3 is 14.8 Å². The third-order valence-corrected chi connectivity index (χ3v) is 7.34. The van der Waals surface area contributed by atoms with E-state index in [2.05, 4.69) is 14.9 Å². The molecule has 1 saturated heterocycles. The summed E-state index contributed by atoms with van der Waals surface area (Å²) in [4.78, 5) is 15.5. The zero-order valence-electron chi connectivity index (χ0n) is 19.5. The van der Waals surface area contributed by atoms with Crippen LogP contribution in [0.5, 0.6) is 5.75 Å². The van der Waals surface area contributed by atoms with Gasteiger partial charge >= 0.3 is 0 Å². The Labute approximate surface area is 196 Å². The van der Waals surface area contributed by atoms with E-state index in [-0.39, 0.29) is 30.0 Å². The van der Waals surface area contributed by atoms with Crippen molar-refractivity contribution in [3.05, 3.63) is 59.2 Å². The molecule has 0 aromatic heterocycles. The van der Waals surface area contributed by atoms with E-state index >= 15 is 0 Å². The van der Waals surface area contributed by atoms with Crippen molar-refractivity contribution in [2.45, 2.75) is 30.7 Å². The molecule has 0 bridgehead atoms. The molecule has 8 nitrogen and oxygen atoms in total. The predicted molar refractivity (Wildman–Crippen MR) is 127 cm³/mol. The predicted octanol–water partition coefficient (Wildman–Crippen LogP) is 2.50. The van der Waals surface area contributed by atoms with Crippen LogP contribution in [0.25, 0.3) is 0 Å². The summed E-state index contributed by atoms with van der Waals surface area (Å²) < 4.78 is 37.9. The number of sulfonamides is 1. The quantitative estimate of drug-likeness (QED) is 0.485. The van der Waals surface area contributed by atoms with Gasteiger partial charge in [0.05, 0.1) is 24.7 Å². The summed E-state index contributed by atoms with van der Waals surface area (Å²) in [5.74, 6) is 0.478. The lowest BCUT2D eigenvalue weighted by Gasteiger charge is -2.28. The second kappa shape index (κ2) is 11.6. The third-order valence-electron chi connectivity index (χ3n) is 5.88. The molecule has 1 atom stereocenters. The number of amides is 1. The van der Waals surface area contributed by atoms with E-state index in [1.54, 1.807) is 20.1 Å². The highest BCUT2D eigenvalue weighted by molar-refractivity contribution is 7.89. The maximum atomic E-state index is 13.1. The summed E-state index contributed by atoms with van der Waals surface area (Å²) in [5.41, 5.74) is 2.13. The minimum absolute atomic E-state index is 0.00878. The number of carbonyl (C=O) groups is 1. The highest BCUT2D eigenvalue weighted by atomic mass is 32.2. The largest absolute Gasteiger partial charge is 0.497 e. The number of carbonyl (C=O) groups excluding carboxylic acids is 1. The molecule has 33 heavy (non-hydrogen) atoms. The average Bonchev–Trinajstić information content (AvgIpc) is 3.34. The Bertz CT molecular complexity index is 1050. The number of hydrogen-bond acceptors (Lipinski definition) is 6. The van der Waals surface area contributed by atoms with Gasteiger partial charge in [0.2, 0.25) is 10.0 Å². The van der Waals surface area contributed by atoms with E-state index in [9.17, 15) is 13.2 Å². The van der Waals surface area contributed by atoms with Crippen LogP contribution >= 0.6 is 0 Å². The summed E-state index contributed by atoms with van der Waals surface area (Å²) in [6, 6.07) is 12.5. The highest BCUT2D eigenvalue weighted by Crippen LogP contribution is 2.27. The lowest BCUT2D eigenvalue weighted by Crippen LogP contribution is -2.37. The maximum Gasteiger partial charge on any atom is 0.251 e. The second-order valence-electron chi connectivity index (χ2n) is 8.11. The molecule has 1 heterocycles. The monoisotopic (exact) mass is 475 g/mol. The Hall–Kier alpha value is -2.46. The summed E-state index contributed by atoms with van der Waals surface area (Å²) >= 11 is 0. The van der Waals surface area contributed by atoms with Crippen molar-refractivity contribution in [3.8, 4) is 5.75 Å². The Morgan fingerprint density at radius 3 is 2.58 bits per heavy atom. The van der Waals surface area contributed by atoms with E-state index in [1.165, 1.54) is 19.2 Å². The summed E-state index contributed by atoms with van der Waals surface area (Å²) in [6.45, 7) is 4.57. The van der Waals surface area contributed by atoms with Crippen molar-refractivity contribution in [3.63, 3.8) is 0 Å². The van der Waals surface area contributed by atoms with Crippen LogP contribution < -0.4 is 14.8 Å². The van der Waals surface area contributed by atoms with Gasteiger partial charge in [-0.05, 0) is 68.2 Å². The number of rotatable bonds is 11. The van der Waals surface area contributed by atoms with E-state index in [4.69, 9.17) is 9.47 Å². The molecule has 1 unspecified atom stereocenters. The fourth-order valence-electron chi connectivity index (χ4n) is 4.02. The van der Waals surface area contributed by atoms with Gasteiger partial charge in [-0.1, -0.05) is 18.2 Å². The summed E-state index contributed by atoms with van der Waals surface area (Å²) in [7, 11) is -0.590. The molecule has 2 aromatic carbocycles. The Balaban J connectivity index is 1.77. The lowest BCUT2D eigenvalue weighted by atomic mass is 10.0. The fraction of sp³-hybridized carbons (Fsp3) is 0.458. The lowest BCUT2D eigenvalue weighted by molar-refractivity contribution is 0.0937. The van der Waals surface area contributed by atoms with E-state index in [0.29, 0.717) is 17.7 Å². The number of aryl methyl sites for hydroxylation is 1. The zero-order valence-corrected chi connectivity index (χ0v) is 20.3. The van der Waals surface area contributed by atoms with Crippen molar-refractivity contribution in [2.75, 3.05) is 47.0 Å². The molecule has 0 radical (unpaired) electrons. The molecule has 180 valence electrons. The second-order valence-corrected chi connectivity index (χ2v) is 9.88. The van der Waals surface area contributed by atoms with E-state index in [0.717, 1.165) is 37.2 Å². The molecule has 0 aliphatic carbocycles. The zero-order chi connectivity index (χ0) is 23.8. The number of ether oxygens (including phenoxy) is 2. The molecule has 9 heteroatoms. The number of methoxy groups -OCH3 is 2. The van der Waals surface area contributed by atoms with Gasteiger partial charge in [0.15, 0.2) is 0 Å². The molecular formula is C24H33N3O5S. The van der Waals surface area contributed by atoms with Gasteiger partial charge in [0.25, 0.3) is 5.91 Å². The Morgan fingerprint density at radius 2 is 1.88 bits per heavy atom. The first-order valence-electron chi connectivity index (χ1n) is 11.1. The number of benzene rings is 2. The molecule has 2 N–H and O–H groups in total. The SMILES string of the molecule is COCCNS(=O)(=O)c1ccc(C)c(C(=O)NCC(c2cccc(OC)c2)N2CCCC2)c1. The van der Waals surface area contributed by atoms with Crippen molar-refractivity contribution in [1.82, 2.24) is 14.9 Å². The van der Waals surface area contributed by atoms with E-state index in [1.807, 2.05) is 24.3 Å². The van der Waals surface area contributed by atoms with Crippen LogP contribution in [-0.4, -0.2) is 66.2 Å². The van der Waals surface area contributed by atoms with Crippen LogP contribution in [0.15, 0.2) is 47.4 Å². The first-order valence-corrected chi connectivity index (χ1v) is 12.6. The number of nitrogens with one attached hydrogen (secondary N) is 2. The van der Waals surface area contributed by atoms with Crippen molar-refractivity contribution < 1.29 is 22.7 Å². The molecule has 2 aromatic rings. The molecule has 3 rings (SSSR count). The molecule has 1 fully saturated rings. The Morgan fingerprint density at radius 1 is 1.12 bits per heavy atom. The number of hydrogen-bond donors (Lipinski definition) is 2. The van der Waals surface area contributed by atoms with Crippen molar-refractivity contribution in [2.24, 2.45) is 0 Å². The van der Waals surface area contributed by atoms with Crippen LogP contribution in [0.1, 0.15) is 40.4 Å². The summed E-state index contributed by atoms with van der Waals surface area (Å²) in [5, 5.41) is 3.03. The number of nitrogens with zero attached hydrogens (tertiary/aromatic N) is 1. The van der Waals surface area contributed by atoms with Crippen LogP contribution in [-0.2, 0) is 14.8 Å². The summed E-state index contributed by atoms with van der Waals surface area (Å²) in [6.07, 6.45) is 2.26. The van der Waals surface area contributed by atoms with Gasteiger partial charge in [0, 0.05) is 25.8 Å². The van der Waals surface area contributed by atoms with Crippen molar-refractivity contribution >= 4 is 15.9 Å². The van der Waals surface area contributed by atoms with E-state index < -0.39 is 10.0 Å². The van der Waals surface area contributed by atoms with Crippen LogP contribution in [0, 0.1) is 6.92 Å². The average molecular weight is 476 g/mol. The molecular weight excluding hydrogens is 442 g/mol. The normalized spacial score (nSPS) is 15.4. The maximum absolute atomic E-state index is 13.1. The third kappa shape index (κ3) is 6.54. The highest BCUT2D eigenvalue weighted by Gasteiger charge is 2.25. The molecule has 0 spiro atoms. The standard InChI is InChI=1S/C24H33N3O5S/c1-18-9-10-21(33(29,30)26-11-14-31-2)16-22(18)24(28)25-17-23(27-12-4-5-13-27)19-7-6-8-20(15-19)32-3/h6-10,15-16,23,26H,4-5,11-14,17H2,1-3H3,(H,25,28). The minimum Gasteiger partial charge on any atom is -0.497 e. The smallest absolute Gasteiger partial charge is 0.251 e.